The summed E-state index contributed by atoms with van der Waals surface area (Å²) in [7, 11) is -0.833. The topological polar surface area (TPSA) is 126 Å². The third-order valence-corrected chi connectivity index (χ3v) is 8.30. The van der Waals surface area contributed by atoms with E-state index in [1.165, 1.54) is 38.5 Å². The van der Waals surface area contributed by atoms with Gasteiger partial charge in [0, 0.05) is 34.5 Å². The maximum atomic E-state index is 12.4. The summed E-state index contributed by atoms with van der Waals surface area (Å²) in [4.78, 5) is 10.9. The molecule has 0 aliphatic carbocycles. The number of nitro groups is 1. The Morgan fingerprint density at radius 1 is 0.951 bits per heavy atom. The Morgan fingerprint density at radius 2 is 1.63 bits per heavy atom. The Balaban J connectivity index is 1.85. The Bertz CT molecular complexity index is 1630. The number of methoxy groups -OCH3 is 2. The average Bonchev–Trinajstić information content (AvgIpc) is 2.90. The van der Waals surface area contributed by atoms with Gasteiger partial charge in [-0.25, -0.2) is 0 Å². The lowest BCUT2D eigenvalue weighted by molar-refractivity contribution is -0.385. The van der Waals surface area contributed by atoms with Crippen LogP contribution >= 0.6 is 0 Å². The van der Waals surface area contributed by atoms with Crippen molar-refractivity contribution in [3.8, 4) is 34.1 Å². The number of anilines is 1. The summed E-state index contributed by atoms with van der Waals surface area (Å²) in [6, 6.07) is 13.0. The standard InChI is InChI=1S/C30H34N2O8S/c1-18(2)41(35,36)40-21-9-10-23(27(15-21)38-7)22-11-12-25-29(19(3)16-30(4,5)31-25)24(22)17-39-28-14-20(32(33)34)8-13-26(28)37-6/h8-16,18,31H,17H2,1-7H3. The fourth-order valence-electron chi connectivity index (χ4n) is 4.82. The van der Waals surface area contributed by atoms with Crippen LogP contribution in [0.15, 0.2) is 54.6 Å². The zero-order valence-electron chi connectivity index (χ0n) is 24.1. The number of hydrogen-bond acceptors (Lipinski definition) is 9. The van der Waals surface area contributed by atoms with Gasteiger partial charge in [0.25, 0.3) is 5.69 Å². The van der Waals surface area contributed by atoms with Gasteiger partial charge >= 0.3 is 10.1 Å². The minimum Gasteiger partial charge on any atom is -0.496 e. The second kappa shape index (κ2) is 11.3. The number of allylic oxidation sites excluding steroid dienone is 1. The number of non-ortho nitro benzene ring substituents is 1. The number of fused-ring (bicyclic) bond motifs is 1. The smallest absolute Gasteiger partial charge is 0.311 e. The summed E-state index contributed by atoms with van der Waals surface area (Å²) in [5.74, 6) is 1.13. The van der Waals surface area contributed by atoms with Crippen LogP contribution in [-0.4, -0.2) is 38.3 Å². The molecule has 4 rings (SSSR count). The summed E-state index contributed by atoms with van der Waals surface area (Å²) >= 11 is 0. The van der Waals surface area contributed by atoms with Crippen LogP contribution in [0.3, 0.4) is 0 Å². The van der Waals surface area contributed by atoms with Gasteiger partial charge in [-0.2, -0.15) is 8.42 Å². The van der Waals surface area contributed by atoms with Crippen molar-refractivity contribution in [2.75, 3.05) is 19.5 Å². The maximum absolute atomic E-state index is 12.4. The van der Waals surface area contributed by atoms with E-state index in [1.807, 2.05) is 19.1 Å². The second-order valence-electron chi connectivity index (χ2n) is 10.6. The van der Waals surface area contributed by atoms with Gasteiger partial charge in [0.15, 0.2) is 11.5 Å². The highest BCUT2D eigenvalue weighted by Crippen LogP contribution is 2.44. The van der Waals surface area contributed by atoms with Crippen LogP contribution in [0.1, 0.15) is 45.7 Å². The third kappa shape index (κ3) is 6.25. The Hall–Kier alpha value is -4.25. The molecule has 3 aromatic rings. The van der Waals surface area contributed by atoms with Gasteiger partial charge in [-0.1, -0.05) is 12.1 Å². The summed E-state index contributed by atoms with van der Waals surface area (Å²) in [6.07, 6.45) is 2.13. The van der Waals surface area contributed by atoms with Crippen molar-refractivity contribution in [1.82, 2.24) is 0 Å². The first-order valence-corrected chi connectivity index (χ1v) is 14.4. The number of rotatable bonds is 10. The van der Waals surface area contributed by atoms with Crippen molar-refractivity contribution in [2.24, 2.45) is 0 Å². The molecule has 0 spiro atoms. The minimum absolute atomic E-state index is 0.0481. The monoisotopic (exact) mass is 582 g/mol. The van der Waals surface area contributed by atoms with Gasteiger partial charge < -0.3 is 23.7 Å². The molecule has 0 saturated heterocycles. The predicted molar refractivity (Wildman–Crippen MR) is 158 cm³/mol. The Labute approximate surface area is 240 Å². The molecule has 3 aromatic carbocycles. The van der Waals surface area contributed by atoms with Crippen molar-refractivity contribution in [3.05, 3.63) is 75.8 Å². The van der Waals surface area contributed by atoms with E-state index in [1.54, 1.807) is 26.0 Å². The molecule has 0 bridgehead atoms. The van der Waals surface area contributed by atoms with Gasteiger partial charge in [0.1, 0.15) is 18.1 Å². The summed E-state index contributed by atoms with van der Waals surface area (Å²) in [5, 5.41) is 14.2. The first-order valence-electron chi connectivity index (χ1n) is 13.0. The highest BCUT2D eigenvalue weighted by atomic mass is 32.2. The van der Waals surface area contributed by atoms with Crippen LogP contribution in [0.2, 0.25) is 0 Å². The average molecular weight is 583 g/mol. The molecular weight excluding hydrogens is 548 g/mol. The van der Waals surface area contributed by atoms with E-state index >= 15 is 0 Å². The second-order valence-corrected chi connectivity index (χ2v) is 12.7. The fraction of sp³-hybridized carbons (Fsp3) is 0.333. The van der Waals surface area contributed by atoms with E-state index < -0.39 is 20.3 Å². The third-order valence-electron chi connectivity index (χ3n) is 6.72. The molecule has 1 heterocycles. The van der Waals surface area contributed by atoms with Crippen LogP contribution in [0, 0.1) is 10.1 Å². The zero-order chi connectivity index (χ0) is 30.1. The predicted octanol–water partition coefficient (Wildman–Crippen LogP) is 6.58. The number of benzene rings is 3. The quantitative estimate of drug-likeness (QED) is 0.160. The molecule has 218 valence electrons. The van der Waals surface area contributed by atoms with Crippen LogP contribution in [0.25, 0.3) is 16.7 Å². The lowest BCUT2D eigenvalue weighted by Crippen LogP contribution is -2.32. The summed E-state index contributed by atoms with van der Waals surface area (Å²) < 4.78 is 47.3. The van der Waals surface area contributed by atoms with Gasteiger partial charge in [-0.05, 0) is 70.0 Å². The number of nitro benzene ring substituents is 1. The fourth-order valence-corrected chi connectivity index (χ4v) is 5.38. The number of nitrogens with zero attached hydrogens (tertiary/aromatic N) is 1. The molecule has 1 aliphatic rings. The molecule has 0 atom stereocenters. The Morgan fingerprint density at radius 3 is 2.27 bits per heavy atom. The Kier molecular flexibility index (Phi) is 8.21. The van der Waals surface area contributed by atoms with Gasteiger partial charge in [-0.3, -0.25) is 10.1 Å². The van der Waals surface area contributed by atoms with Crippen molar-refractivity contribution in [3.63, 3.8) is 0 Å². The van der Waals surface area contributed by atoms with Crippen molar-refractivity contribution in [2.45, 2.75) is 52.0 Å². The highest BCUT2D eigenvalue weighted by Gasteiger charge is 2.28. The molecule has 0 aromatic heterocycles. The van der Waals surface area contributed by atoms with E-state index in [-0.39, 0.29) is 29.3 Å². The highest BCUT2D eigenvalue weighted by molar-refractivity contribution is 7.87. The first kappa shape index (κ1) is 29.7. The largest absolute Gasteiger partial charge is 0.496 e. The molecular formula is C30H34N2O8S. The zero-order valence-corrected chi connectivity index (χ0v) is 24.9. The SMILES string of the molecule is COc1ccc([N+](=O)[O-])cc1OCc1c(-c2ccc(OS(=O)(=O)C(C)C)cc2OC)ccc2c1C(C)=CC(C)(C)N2. The molecule has 1 N–H and O–H groups in total. The number of ether oxygens (including phenoxy) is 3. The molecule has 0 radical (unpaired) electrons. The summed E-state index contributed by atoms with van der Waals surface area (Å²) in [5.41, 5.74) is 4.72. The van der Waals surface area contributed by atoms with E-state index in [4.69, 9.17) is 18.4 Å². The van der Waals surface area contributed by atoms with Gasteiger partial charge in [0.05, 0.1) is 36.0 Å². The van der Waals surface area contributed by atoms with E-state index in [2.05, 4.69) is 25.2 Å². The van der Waals surface area contributed by atoms with Crippen LogP contribution < -0.4 is 23.7 Å². The number of nitrogens with one attached hydrogen (secondary N) is 1. The van der Waals surface area contributed by atoms with Crippen LogP contribution in [0.4, 0.5) is 11.4 Å². The van der Waals surface area contributed by atoms with Gasteiger partial charge in [0.2, 0.25) is 0 Å². The maximum Gasteiger partial charge on any atom is 0.311 e. The van der Waals surface area contributed by atoms with Crippen LogP contribution in [0.5, 0.6) is 23.0 Å². The molecule has 41 heavy (non-hydrogen) atoms. The normalized spacial score (nSPS) is 14.0. The molecule has 0 fully saturated rings. The van der Waals surface area contributed by atoms with Crippen molar-refractivity contribution >= 4 is 27.1 Å². The molecule has 0 amide bonds. The van der Waals surface area contributed by atoms with Gasteiger partial charge in [-0.15, -0.1) is 0 Å². The van der Waals surface area contributed by atoms with Crippen LogP contribution in [-0.2, 0) is 16.7 Å². The molecule has 1 aliphatic heterocycles. The van der Waals surface area contributed by atoms with E-state index in [0.717, 1.165) is 28.0 Å². The lowest BCUT2D eigenvalue weighted by Gasteiger charge is -2.33. The van der Waals surface area contributed by atoms with E-state index in [0.29, 0.717) is 17.1 Å². The van der Waals surface area contributed by atoms with Crippen molar-refractivity contribution in [1.29, 1.82) is 0 Å². The van der Waals surface area contributed by atoms with Crippen molar-refractivity contribution < 1.29 is 31.7 Å². The lowest BCUT2D eigenvalue weighted by atomic mass is 9.85. The molecule has 0 unspecified atom stereocenters. The number of hydrogen-bond donors (Lipinski definition) is 1. The molecule has 0 saturated carbocycles. The molecule has 11 heteroatoms. The summed E-state index contributed by atoms with van der Waals surface area (Å²) in [6.45, 7) is 9.30. The first-order chi connectivity index (χ1) is 19.3. The minimum atomic E-state index is -3.80. The molecule has 10 nitrogen and oxygen atoms in total. The van der Waals surface area contributed by atoms with E-state index in [9.17, 15) is 18.5 Å².